The van der Waals surface area contributed by atoms with Gasteiger partial charge in [0.2, 0.25) is 12.0 Å². The Hall–Kier alpha value is -3.37. The summed E-state index contributed by atoms with van der Waals surface area (Å²) in [4.78, 5) is 17.2. The number of rotatable bonds is 7. The largest absolute Gasteiger partial charge is 0.485 e. The molecule has 8 nitrogen and oxygen atoms in total. The molecule has 4 aromatic rings. The summed E-state index contributed by atoms with van der Waals surface area (Å²) in [6, 6.07) is 15.7. The summed E-state index contributed by atoms with van der Waals surface area (Å²) < 4.78 is 17.3. The van der Waals surface area contributed by atoms with Gasteiger partial charge < -0.3 is 19.2 Å². The van der Waals surface area contributed by atoms with E-state index in [1.165, 1.54) is 28.7 Å². The number of aryl methyl sites for hydroxylation is 1. The topological polar surface area (TPSA) is 99.4 Å². The van der Waals surface area contributed by atoms with Crippen LogP contribution in [0.2, 0.25) is 0 Å². The van der Waals surface area contributed by atoms with Crippen molar-refractivity contribution in [1.82, 2.24) is 15.2 Å². The van der Waals surface area contributed by atoms with Gasteiger partial charge in [-0.2, -0.15) is 0 Å². The number of fused-ring (bicyclic) bond motifs is 1. The lowest BCUT2D eigenvalue weighted by Crippen LogP contribution is -2.22. The van der Waals surface area contributed by atoms with Gasteiger partial charge in [0.15, 0.2) is 16.6 Å². The third kappa shape index (κ3) is 4.92. The van der Waals surface area contributed by atoms with Gasteiger partial charge in [-0.3, -0.25) is 4.79 Å². The molecule has 0 spiro atoms. The van der Waals surface area contributed by atoms with Crippen molar-refractivity contribution in [2.24, 2.45) is 0 Å². The molecule has 2 aromatic carbocycles. The number of carbonyl (C=O) groups is 1. The molecule has 0 bridgehead atoms. The number of aromatic nitrogens is 3. The lowest BCUT2D eigenvalue weighted by molar-refractivity contribution is -0.115. The fourth-order valence-electron chi connectivity index (χ4n) is 3.33. The Labute approximate surface area is 204 Å². The maximum atomic E-state index is 12.7. The number of thiazole rings is 1. The summed E-state index contributed by atoms with van der Waals surface area (Å²) in [7, 11) is 0. The number of hydrogen-bond acceptors (Lipinski definition) is 9. The van der Waals surface area contributed by atoms with Crippen LogP contribution in [0.15, 0.2) is 63.6 Å². The van der Waals surface area contributed by atoms with Gasteiger partial charge in [0.1, 0.15) is 6.61 Å². The first-order valence-corrected chi connectivity index (χ1v) is 12.6. The molecule has 0 saturated heterocycles. The molecule has 1 amide bonds. The van der Waals surface area contributed by atoms with Gasteiger partial charge in [-0.05, 0) is 31.0 Å². The maximum Gasteiger partial charge on any atom is 0.277 e. The minimum absolute atomic E-state index is 0.196. The first-order chi connectivity index (χ1) is 16.6. The highest BCUT2D eigenvalue weighted by molar-refractivity contribution is 8.00. The minimum atomic E-state index is -0.499. The first-order valence-electron chi connectivity index (χ1n) is 10.8. The molecular weight excluding hydrogens is 472 g/mol. The van der Waals surface area contributed by atoms with E-state index in [2.05, 4.69) is 39.6 Å². The SMILES string of the molecule is CCc1ccc(-c2csc(NC(=O)[C@H](C)Sc3nnc([C@H]4COc5ccccc5O4)o3)n2)cc1. The van der Waals surface area contributed by atoms with E-state index in [-0.39, 0.29) is 17.7 Å². The van der Waals surface area contributed by atoms with Crippen LogP contribution in [-0.4, -0.2) is 32.9 Å². The minimum Gasteiger partial charge on any atom is -0.485 e. The lowest BCUT2D eigenvalue weighted by Gasteiger charge is -2.23. The summed E-state index contributed by atoms with van der Waals surface area (Å²) in [5.74, 6) is 1.42. The number of thioether (sulfide) groups is 1. The van der Waals surface area contributed by atoms with Crippen LogP contribution in [0.3, 0.4) is 0 Å². The predicted molar refractivity (Wildman–Crippen MR) is 130 cm³/mol. The third-order valence-electron chi connectivity index (χ3n) is 5.25. The van der Waals surface area contributed by atoms with Crippen molar-refractivity contribution in [3.63, 3.8) is 0 Å². The van der Waals surface area contributed by atoms with Gasteiger partial charge in [-0.25, -0.2) is 4.98 Å². The van der Waals surface area contributed by atoms with Gasteiger partial charge >= 0.3 is 0 Å². The highest BCUT2D eigenvalue weighted by Gasteiger charge is 2.28. The Morgan fingerprint density at radius 1 is 1.18 bits per heavy atom. The highest BCUT2D eigenvalue weighted by atomic mass is 32.2. The number of benzene rings is 2. The molecule has 0 saturated carbocycles. The van der Waals surface area contributed by atoms with E-state index in [1.54, 1.807) is 6.92 Å². The fourth-order valence-corrected chi connectivity index (χ4v) is 4.74. The Balaban J connectivity index is 1.18. The van der Waals surface area contributed by atoms with Crippen LogP contribution in [0.1, 0.15) is 31.4 Å². The predicted octanol–water partition coefficient (Wildman–Crippen LogP) is 5.39. The number of anilines is 1. The van der Waals surface area contributed by atoms with Crippen molar-refractivity contribution in [2.45, 2.75) is 36.8 Å². The number of amides is 1. The number of nitrogens with one attached hydrogen (secondary N) is 1. The summed E-state index contributed by atoms with van der Waals surface area (Å²) >= 11 is 2.57. The molecule has 0 radical (unpaired) electrons. The smallest absolute Gasteiger partial charge is 0.277 e. The zero-order chi connectivity index (χ0) is 23.5. The average Bonchev–Trinajstić information content (AvgIpc) is 3.53. The summed E-state index contributed by atoms with van der Waals surface area (Å²) in [6.45, 7) is 4.17. The van der Waals surface area contributed by atoms with Crippen LogP contribution >= 0.6 is 23.1 Å². The first kappa shape index (κ1) is 22.4. The molecule has 3 heterocycles. The van der Waals surface area contributed by atoms with Gasteiger partial charge in [-0.15, -0.1) is 21.5 Å². The molecule has 0 aliphatic carbocycles. The summed E-state index contributed by atoms with van der Waals surface area (Å²) in [5, 5.41) is 13.3. The second-order valence-corrected chi connectivity index (χ2v) is 9.76. The second kappa shape index (κ2) is 9.86. The van der Waals surface area contributed by atoms with Crippen LogP contribution in [0.4, 0.5) is 5.13 Å². The van der Waals surface area contributed by atoms with Crippen molar-refractivity contribution in [1.29, 1.82) is 0 Å². The molecular formula is C24H22N4O4S2. The summed E-state index contributed by atoms with van der Waals surface area (Å²) in [6.07, 6.45) is 0.492. The Morgan fingerprint density at radius 3 is 2.76 bits per heavy atom. The monoisotopic (exact) mass is 494 g/mol. The van der Waals surface area contributed by atoms with E-state index in [0.29, 0.717) is 22.5 Å². The Kier molecular flexibility index (Phi) is 6.50. The quantitative estimate of drug-likeness (QED) is 0.342. The lowest BCUT2D eigenvalue weighted by atomic mass is 10.1. The van der Waals surface area contributed by atoms with Crippen LogP contribution in [0.5, 0.6) is 11.5 Å². The number of ether oxygens (including phenoxy) is 2. The van der Waals surface area contributed by atoms with E-state index < -0.39 is 11.4 Å². The molecule has 1 aliphatic heterocycles. The molecule has 34 heavy (non-hydrogen) atoms. The normalized spacial score (nSPS) is 15.6. The molecule has 2 atom stereocenters. The number of hydrogen-bond donors (Lipinski definition) is 1. The average molecular weight is 495 g/mol. The maximum absolute atomic E-state index is 12.7. The standard InChI is InChI=1S/C24H22N4O4S2/c1-3-15-8-10-16(11-9-15)17-13-33-23(25-17)26-21(29)14(2)34-24-28-27-22(32-24)20-12-30-18-6-4-5-7-19(18)31-20/h4-11,13-14,20H,3,12H2,1-2H3,(H,25,26,29)/t14-,20+/m0/s1. The van der Waals surface area contributed by atoms with Crippen molar-refractivity contribution in [3.8, 4) is 22.8 Å². The molecule has 2 aromatic heterocycles. The third-order valence-corrected chi connectivity index (χ3v) is 6.94. The second-order valence-electron chi connectivity index (χ2n) is 7.61. The van der Waals surface area contributed by atoms with Crippen molar-refractivity contribution in [2.75, 3.05) is 11.9 Å². The van der Waals surface area contributed by atoms with Gasteiger partial charge in [0.05, 0.1) is 10.9 Å². The van der Waals surface area contributed by atoms with E-state index in [4.69, 9.17) is 13.9 Å². The van der Waals surface area contributed by atoms with Gasteiger partial charge in [0, 0.05) is 10.9 Å². The number of carbonyl (C=O) groups excluding carboxylic acids is 1. The number of para-hydroxylation sites is 2. The van der Waals surface area contributed by atoms with E-state index >= 15 is 0 Å². The Morgan fingerprint density at radius 2 is 1.97 bits per heavy atom. The molecule has 10 heteroatoms. The summed E-state index contributed by atoms with van der Waals surface area (Å²) in [5.41, 5.74) is 3.13. The zero-order valence-electron chi connectivity index (χ0n) is 18.6. The van der Waals surface area contributed by atoms with Gasteiger partial charge in [-0.1, -0.05) is 55.1 Å². The van der Waals surface area contributed by atoms with Crippen molar-refractivity contribution in [3.05, 3.63) is 65.4 Å². The molecule has 1 aliphatic rings. The number of nitrogens with zero attached hydrogens (tertiary/aromatic N) is 3. The van der Waals surface area contributed by atoms with E-state index in [1.807, 2.05) is 41.8 Å². The fraction of sp³-hybridized carbons (Fsp3) is 0.250. The molecule has 174 valence electrons. The van der Waals surface area contributed by atoms with Crippen LogP contribution < -0.4 is 14.8 Å². The van der Waals surface area contributed by atoms with Crippen molar-refractivity contribution >= 4 is 34.1 Å². The molecule has 1 N–H and O–H groups in total. The van der Waals surface area contributed by atoms with Gasteiger partial charge in [0.25, 0.3) is 11.1 Å². The highest BCUT2D eigenvalue weighted by Crippen LogP contribution is 2.36. The van der Waals surface area contributed by atoms with Crippen molar-refractivity contribution < 1.29 is 18.7 Å². The molecule has 0 unspecified atom stereocenters. The van der Waals surface area contributed by atoms with Crippen LogP contribution in [-0.2, 0) is 11.2 Å². The molecule has 5 rings (SSSR count). The Bertz CT molecular complexity index is 1290. The van der Waals surface area contributed by atoms with Crippen LogP contribution in [0, 0.1) is 0 Å². The van der Waals surface area contributed by atoms with E-state index in [0.717, 1.165) is 17.7 Å². The van der Waals surface area contributed by atoms with E-state index in [9.17, 15) is 4.79 Å². The molecule has 0 fully saturated rings. The zero-order valence-corrected chi connectivity index (χ0v) is 20.2. The van der Waals surface area contributed by atoms with Crippen LogP contribution in [0.25, 0.3) is 11.3 Å².